The number of carbonyl (C=O) groups excluding carboxylic acids is 3. The van der Waals surface area contributed by atoms with Gasteiger partial charge in [-0.05, 0) is 31.6 Å². The smallest absolute Gasteiger partial charge is 0.407 e. The predicted octanol–water partition coefficient (Wildman–Crippen LogP) is 3.26. The third kappa shape index (κ3) is 9.77. The summed E-state index contributed by atoms with van der Waals surface area (Å²) in [6.45, 7) is -0.474. The Kier molecular flexibility index (Phi) is 10.2. The number of ketones is 1. The van der Waals surface area contributed by atoms with E-state index in [-0.39, 0.29) is 43.7 Å². The van der Waals surface area contributed by atoms with Crippen molar-refractivity contribution in [3.8, 4) is 0 Å². The van der Waals surface area contributed by atoms with Gasteiger partial charge in [0.2, 0.25) is 7.37 Å². The number of carbonyl (C=O) groups is 3. The predicted molar refractivity (Wildman–Crippen MR) is 108 cm³/mol. The highest BCUT2D eigenvalue weighted by Crippen LogP contribution is 2.45. The molecule has 2 aliphatic carbocycles. The van der Waals surface area contributed by atoms with Crippen LogP contribution < -0.4 is 5.32 Å². The summed E-state index contributed by atoms with van der Waals surface area (Å²) in [6.07, 6.45) is 9.03. The summed E-state index contributed by atoms with van der Waals surface area (Å²) in [5, 5.41) is 2.28. The zero-order chi connectivity index (χ0) is 21.1. The first-order valence-electron chi connectivity index (χ1n) is 10.8. The molecule has 0 bridgehead atoms. The Morgan fingerprint density at radius 1 is 0.897 bits per heavy atom. The van der Waals surface area contributed by atoms with E-state index in [0.29, 0.717) is 0 Å². The van der Waals surface area contributed by atoms with Gasteiger partial charge < -0.3 is 19.7 Å². The molecule has 166 valence electrons. The van der Waals surface area contributed by atoms with Gasteiger partial charge in [-0.15, -0.1) is 0 Å². The van der Waals surface area contributed by atoms with Crippen LogP contribution in [-0.2, 0) is 23.6 Å². The van der Waals surface area contributed by atoms with E-state index >= 15 is 0 Å². The fourth-order valence-electron chi connectivity index (χ4n) is 4.12. The van der Waals surface area contributed by atoms with Crippen LogP contribution in [-0.4, -0.2) is 54.8 Å². The molecule has 1 atom stereocenters. The van der Waals surface area contributed by atoms with Crippen LogP contribution in [0.15, 0.2) is 0 Å². The minimum absolute atomic E-state index is 0.0239. The first-order chi connectivity index (χ1) is 13.9. The molecule has 2 fully saturated rings. The van der Waals surface area contributed by atoms with Gasteiger partial charge >= 0.3 is 12.1 Å². The summed E-state index contributed by atoms with van der Waals surface area (Å²) in [5.74, 6) is -0.590. The van der Waals surface area contributed by atoms with Gasteiger partial charge in [0, 0.05) is 6.16 Å². The van der Waals surface area contributed by atoms with Gasteiger partial charge in [-0.2, -0.15) is 0 Å². The van der Waals surface area contributed by atoms with E-state index < -0.39 is 25.4 Å². The van der Waals surface area contributed by atoms with E-state index in [1.165, 1.54) is 0 Å². The third-order valence-corrected chi connectivity index (χ3v) is 7.55. The Labute approximate surface area is 172 Å². The van der Waals surface area contributed by atoms with Crippen LogP contribution in [0.5, 0.6) is 0 Å². The van der Waals surface area contributed by atoms with E-state index in [2.05, 4.69) is 5.32 Å². The minimum Gasteiger partial charge on any atom is -0.462 e. The van der Waals surface area contributed by atoms with Crippen molar-refractivity contribution in [1.29, 1.82) is 0 Å². The van der Waals surface area contributed by atoms with Gasteiger partial charge in [-0.25, -0.2) is 4.79 Å². The molecular weight excluding hydrogens is 397 g/mol. The number of amides is 1. The summed E-state index contributed by atoms with van der Waals surface area (Å²) in [5.41, 5.74) is 0. The van der Waals surface area contributed by atoms with Crippen molar-refractivity contribution >= 4 is 25.2 Å². The Morgan fingerprint density at radius 2 is 1.48 bits per heavy atom. The molecule has 0 aromatic heterocycles. The Morgan fingerprint density at radius 3 is 2.14 bits per heavy atom. The van der Waals surface area contributed by atoms with Gasteiger partial charge in [0.05, 0.1) is 18.6 Å². The molecule has 0 heterocycles. The average Bonchev–Trinajstić information content (AvgIpc) is 2.70. The molecule has 0 spiro atoms. The van der Waals surface area contributed by atoms with Gasteiger partial charge in [0.1, 0.15) is 13.2 Å². The van der Waals surface area contributed by atoms with Crippen molar-refractivity contribution in [3.63, 3.8) is 0 Å². The van der Waals surface area contributed by atoms with Crippen molar-refractivity contribution in [1.82, 2.24) is 5.32 Å². The molecule has 0 aromatic rings. The number of ether oxygens (including phenoxy) is 2. The van der Waals surface area contributed by atoms with E-state index in [9.17, 15) is 23.8 Å². The Bertz CT molecular complexity index is 598. The van der Waals surface area contributed by atoms with Crippen LogP contribution in [0.25, 0.3) is 0 Å². The van der Waals surface area contributed by atoms with Crippen LogP contribution in [0, 0.1) is 11.8 Å². The molecule has 0 aromatic carbocycles. The first kappa shape index (κ1) is 23.9. The van der Waals surface area contributed by atoms with Gasteiger partial charge in [0.25, 0.3) is 0 Å². The maximum atomic E-state index is 12.3. The second-order valence-electron chi connectivity index (χ2n) is 8.22. The first-order valence-corrected chi connectivity index (χ1v) is 12.8. The molecule has 2 N–H and O–H groups in total. The van der Waals surface area contributed by atoms with Crippen molar-refractivity contribution in [2.75, 3.05) is 32.1 Å². The lowest BCUT2D eigenvalue weighted by atomic mass is 9.89. The quantitative estimate of drug-likeness (QED) is 0.310. The third-order valence-electron chi connectivity index (χ3n) is 5.62. The van der Waals surface area contributed by atoms with Crippen molar-refractivity contribution < 1.29 is 33.3 Å². The van der Waals surface area contributed by atoms with Crippen molar-refractivity contribution in [2.45, 2.75) is 64.2 Å². The zero-order valence-corrected chi connectivity index (χ0v) is 18.0. The van der Waals surface area contributed by atoms with Crippen molar-refractivity contribution in [3.05, 3.63) is 0 Å². The second-order valence-corrected chi connectivity index (χ2v) is 10.6. The lowest BCUT2D eigenvalue weighted by Crippen LogP contribution is -2.32. The maximum Gasteiger partial charge on any atom is 0.407 e. The topological polar surface area (TPSA) is 119 Å². The largest absolute Gasteiger partial charge is 0.462 e. The number of rotatable bonds is 10. The number of nitrogens with one attached hydrogen (secondary N) is 1. The van der Waals surface area contributed by atoms with E-state index in [1.807, 2.05) is 0 Å². The van der Waals surface area contributed by atoms with Gasteiger partial charge in [-0.3, -0.25) is 14.2 Å². The molecule has 2 aliphatic rings. The fourth-order valence-corrected chi connectivity index (χ4v) is 6.09. The molecule has 1 unspecified atom stereocenters. The van der Waals surface area contributed by atoms with E-state index in [1.54, 1.807) is 0 Å². The highest BCUT2D eigenvalue weighted by Gasteiger charge is 2.28. The number of Topliss-reactive ketones (excluding diaryl/α,β-unsaturated/α-hetero) is 1. The molecule has 1 amide bonds. The second kappa shape index (κ2) is 12.3. The lowest BCUT2D eigenvalue weighted by Gasteiger charge is -2.23. The molecule has 0 radical (unpaired) electrons. The maximum absolute atomic E-state index is 12.3. The highest BCUT2D eigenvalue weighted by molar-refractivity contribution is 7.59. The fraction of sp³-hybridized carbons (Fsp3) is 0.850. The van der Waals surface area contributed by atoms with E-state index in [4.69, 9.17) is 9.47 Å². The molecule has 29 heavy (non-hydrogen) atoms. The SMILES string of the molecule is O=C(CNC(=O)OCCOC(=O)C1CCCCC1)CP(=O)(O)CC1CCCCC1. The molecular formula is C20H34NO7P. The summed E-state index contributed by atoms with van der Waals surface area (Å²) in [4.78, 5) is 45.5. The molecule has 0 aliphatic heterocycles. The van der Waals surface area contributed by atoms with Crippen LogP contribution in [0.2, 0.25) is 0 Å². The van der Waals surface area contributed by atoms with Crippen molar-refractivity contribution in [2.24, 2.45) is 11.8 Å². The molecule has 0 saturated heterocycles. The summed E-state index contributed by atoms with van der Waals surface area (Å²) in [6, 6.07) is 0. The van der Waals surface area contributed by atoms with Crippen LogP contribution in [0.4, 0.5) is 4.79 Å². The Balaban J connectivity index is 1.55. The summed E-state index contributed by atoms with van der Waals surface area (Å²) >= 11 is 0. The van der Waals surface area contributed by atoms with Crippen LogP contribution in [0.1, 0.15) is 64.2 Å². The lowest BCUT2D eigenvalue weighted by molar-refractivity contribution is -0.150. The summed E-state index contributed by atoms with van der Waals surface area (Å²) < 4.78 is 22.3. The van der Waals surface area contributed by atoms with Gasteiger partial charge in [0.15, 0.2) is 5.78 Å². The highest BCUT2D eigenvalue weighted by atomic mass is 31.2. The summed E-state index contributed by atoms with van der Waals surface area (Å²) in [7, 11) is -3.53. The molecule has 9 heteroatoms. The molecule has 2 rings (SSSR count). The number of hydrogen-bond acceptors (Lipinski definition) is 6. The standard InChI is InChI=1S/C20H34NO7P/c22-18(15-29(25,26)14-16-7-3-1-4-8-16)13-21-20(24)28-12-11-27-19(23)17-9-5-2-6-10-17/h16-17H,1-15H2,(H,21,24)(H,25,26). The van der Waals surface area contributed by atoms with Gasteiger partial charge in [-0.1, -0.05) is 38.5 Å². The monoisotopic (exact) mass is 431 g/mol. The molecule has 8 nitrogen and oxygen atoms in total. The number of alkyl carbamates (subject to hydrolysis) is 1. The Hall–Kier alpha value is -1.40. The van der Waals surface area contributed by atoms with E-state index in [0.717, 1.165) is 64.2 Å². The minimum atomic E-state index is -3.53. The number of esters is 1. The van der Waals surface area contributed by atoms with Crippen LogP contribution >= 0.6 is 7.37 Å². The van der Waals surface area contributed by atoms with Crippen LogP contribution in [0.3, 0.4) is 0 Å². The number of hydrogen-bond donors (Lipinski definition) is 2. The molecule has 2 saturated carbocycles. The zero-order valence-electron chi connectivity index (χ0n) is 17.1. The normalized spacial score (nSPS) is 20.4. The average molecular weight is 431 g/mol.